The first-order chi connectivity index (χ1) is 19.0. The maximum atomic E-state index is 14.5. The van der Waals surface area contributed by atoms with Crippen molar-refractivity contribution in [3.63, 3.8) is 0 Å². The zero-order valence-electron chi connectivity index (χ0n) is 21.4. The smallest absolute Gasteiger partial charge is 0.289 e. The van der Waals surface area contributed by atoms with Crippen LogP contribution in [0.15, 0.2) is 54.7 Å². The molecule has 0 radical (unpaired) electrons. The van der Waals surface area contributed by atoms with Crippen LogP contribution in [0.5, 0.6) is 0 Å². The van der Waals surface area contributed by atoms with Gasteiger partial charge < -0.3 is 15.5 Å². The minimum absolute atomic E-state index is 0.0447. The van der Waals surface area contributed by atoms with Gasteiger partial charge in [-0.25, -0.2) is 17.6 Å². The topological polar surface area (TPSA) is 108 Å². The average Bonchev–Trinajstić information content (AvgIpc) is 3.29. The second-order valence-electron chi connectivity index (χ2n) is 10.7. The predicted molar refractivity (Wildman–Crippen MR) is 133 cm³/mol. The van der Waals surface area contributed by atoms with Crippen LogP contribution < -0.4 is 10.6 Å². The molecule has 40 heavy (non-hydrogen) atoms. The number of hydrogen-bond acceptors (Lipinski definition) is 5. The van der Waals surface area contributed by atoms with Crippen LogP contribution in [0.1, 0.15) is 30.5 Å². The summed E-state index contributed by atoms with van der Waals surface area (Å²) in [5, 5.41) is 4.87. The molecule has 2 aliphatic carbocycles. The van der Waals surface area contributed by atoms with Crippen LogP contribution in [0, 0.1) is 17.8 Å². The fraction of sp³-hybridized carbons (Fsp3) is 0.464. The van der Waals surface area contributed by atoms with Crippen LogP contribution in [0.3, 0.4) is 0 Å². The Morgan fingerprint density at radius 1 is 0.975 bits per heavy atom. The first-order valence-corrected chi connectivity index (χ1v) is 13.1. The van der Waals surface area contributed by atoms with Crippen molar-refractivity contribution in [1.82, 2.24) is 20.5 Å². The Morgan fingerprint density at radius 3 is 2.30 bits per heavy atom. The van der Waals surface area contributed by atoms with Crippen molar-refractivity contribution < 1.29 is 36.7 Å². The quantitative estimate of drug-likeness (QED) is 0.362. The number of aromatic nitrogens is 1. The Balaban J connectivity index is 1.29. The number of Topliss-reactive ketones (excluding diaryl/α,β-unsaturated/α-hetero) is 1. The SMILES string of the molecule is O=C(NCc1ccccn1)C(=O)[C@@H](Cc1ccccc1)NC(=O)[C@@H]1CC(F)(F)CN1C(=O)C1C[C@@H]2[C@H](C1)C2(F)F. The Labute approximate surface area is 227 Å². The molecule has 2 saturated carbocycles. The van der Waals surface area contributed by atoms with Crippen molar-refractivity contribution in [3.05, 3.63) is 66.0 Å². The predicted octanol–water partition coefficient (Wildman–Crippen LogP) is 2.52. The van der Waals surface area contributed by atoms with Crippen LogP contribution >= 0.6 is 0 Å². The number of benzene rings is 1. The van der Waals surface area contributed by atoms with E-state index in [1.54, 1.807) is 48.5 Å². The van der Waals surface area contributed by atoms with Crippen LogP contribution in [-0.2, 0) is 32.1 Å². The molecule has 1 aliphatic heterocycles. The summed E-state index contributed by atoms with van der Waals surface area (Å²) in [6.07, 6.45) is 0.224. The summed E-state index contributed by atoms with van der Waals surface area (Å²) < 4.78 is 56.2. The molecule has 2 N–H and O–H groups in total. The molecule has 8 nitrogen and oxygen atoms in total. The molecule has 1 aromatic carbocycles. The number of amides is 3. The number of fused-ring (bicyclic) bond motifs is 1. The number of ketones is 1. The van der Waals surface area contributed by atoms with Crippen LogP contribution in [-0.4, -0.2) is 63.9 Å². The van der Waals surface area contributed by atoms with Crippen molar-refractivity contribution in [2.45, 2.75) is 56.2 Å². The highest BCUT2D eigenvalue weighted by Crippen LogP contribution is 2.66. The molecule has 3 amide bonds. The van der Waals surface area contributed by atoms with Crippen molar-refractivity contribution in [2.24, 2.45) is 17.8 Å². The number of pyridine rings is 1. The summed E-state index contributed by atoms with van der Waals surface area (Å²) in [7, 11) is 0. The fourth-order valence-corrected chi connectivity index (χ4v) is 5.78. The minimum atomic E-state index is -3.37. The Morgan fingerprint density at radius 2 is 1.65 bits per heavy atom. The summed E-state index contributed by atoms with van der Waals surface area (Å²) in [4.78, 5) is 57.0. The van der Waals surface area contributed by atoms with E-state index in [2.05, 4.69) is 15.6 Å². The molecule has 3 aliphatic rings. The standard InChI is InChI=1S/C28H28F4N4O4/c29-27(30)13-22(36(15-27)26(40)17-11-19-20(12-17)28(19,31)32)24(38)35-21(10-16-6-2-1-3-7-16)23(37)25(39)34-14-18-8-4-5-9-33-18/h1-9,17,19-22H,10-15H2,(H,34,39)(H,35,38)/t17?,19-,20+,21-,22+/m1/s1. The van der Waals surface area contributed by atoms with Crippen molar-refractivity contribution in [1.29, 1.82) is 0 Å². The molecule has 2 aromatic rings. The number of carbonyl (C=O) groups excluding carboxylic acids is 4. The van der Waals surface area contributed by atoms with Gasteiger partial charge in [-0.2, -0.15) is 0 Å². The monoisotopic (exact) mass is 560 g/mol. The van der Waals surface area contributed by atoms with E-state index in [1.165, 1.54) is 6.20 Å². The van der Waals surface area contributed by atoms with Crippen molar-refractivity contribution in [2.75, 3.05) is 6.54 Å². The lowest BCUT2D eigenvalue weighted by molar-refractivity contribution is -0.144. The van der Waals surface area contributed by atoms with E-state index in [4.69, 9.17) is 0 Å². The Kier molecular flexibility index (Phi) is 7.36. The highest BCUT2D eigenvalue weighted by molar-refractivity contribution is 6.38. The van der Waals surface area contributed by atoms with E-state index in [1.807, 2.05) is 0 Å². The summed E-state index contributed by atoms with van der Waals surface area (Å²) in [6, 6.07) is 10.5. The van der Waals surface area contributed by atoms with E-state index in [0.717, 1.165) is 4.90 Å². The maximum absolute atomic E-state index is 14.5. The van der Waals surface area contributed by atoms with E-state index >= 15 is 0 Å². The van der Waals surface area contributed by atoms with Gasteiger partial charge in [-0.3, -0.25) is 24.2 Å². The first-order valence-electron chi connectivity index (χ1n) is 13.1. The van der Waals surface area contributed by atoms with Gasteiger partial charge in [0.05, 0.1) is 18.8 Å². The fourth-order valence-electron chi connectivity index (χ4n) is 5.78. The number of nitrogens with one attached hydrogen (secondary N) is 2. The zero-order chi connectivity index (χ0) is 28.7. The number of rotatable bonds is 9. The van der Waals surface area contributed by atoms with Gasteiger partial charge in [0, 0.05) is 36.8 Å². The van der Waals surface area contributed by atoms with Crippen LogP contribution in [0.25, 0.3) is 0 Å². The maximum Gasteiger partial charge on any atom is 0.289 e. The molecular weight excluding hydrogens is 532 g/mol. The molecule has 2 heterocycles. The third-order valence-corrected chi connectivity index (χ3v) is 7.94. The largest absolute Gasteiger partial charge is 0.344 e. The number of likely N-dealkylation sites (tertiary alicyclic amines) is 1. The molecule has 5 rings (SSSR count). The van der Waals surface area contributed by atoms with E-state index in [0.29, 0.717) is 11.3 Å². The minimum Gasteiger partial charge on any atom is -0.344 e. The second kappa shape index (κ2) is 10.6. The third kappa shape index (κ3) is 5.71. The Bertz CT molecular complexity index is 1280. The molecule has 12 heteroatoms. The summed E-state index contributed by atoms with van der Waals surface area (Å²) in [5.74, 6) is -12.7. The lowest BCUT2D eigenvalue weighted by Gasteiger charge is -2.28. The number of nitrogens with zero attached hydrogens (tertiary/aromatic N) is 2. The highest BCUT2D eigenvalue weighted by Gasteiger charge is 2.72. The van der Waals surface area contributed by atoms with Crippen molar-refractivity contribution in [3.8, 4) is 0 Å². The number of carbonyl (C=O) groups is 4. The zero-order valence-corrected chi connectivity index (χ0v) is 21.4. The molecule has 3 fully saturated rings. The molecule has 1 aromatic heterocycles. The van der Waals surface area contributed by atoms with Gasteiger partial charge in [0.25, 0.3) is 17.8 Å². The van der Waals surface area contributed by atoms with E-state index in [-0.39, 0.29) is 25.8 Å². The van der Waals surface area contributed by atoms with Gasteiger partial charge in [-0.1, -0.05) is 36.4 Å². The van der Waals surface area contributed by atoms with E-state index in [9.17, 15) is 36.7 Å². The van der Waals surface area contributed by atoms with Gasteiger partial charge in [0.1, 0.15) is 12.1 Å². The lowest BCUT2D eigenvalue weighted by Crippen LogP contribution is -2.54. The summed E-state index contributed by atoms with van der Waals surface area (Å²) >= 11 is 0. The molecule has 212 valence electrons. The number of alkyl halides is 4. The molecule has 0 spiro atoms. The van der Waals surface area contributed by atoms with Crippen LogP contribution in [0.4, 0.5) is 17.6 Å². The lowest BCUT2D eigenvalue weighted by atomic mass is 9.99. The van der Waals surface area contributed by atoms with Gasteiger partial charge in [-0.15, -0.1) is 0 Å². The normalized spacial score (nSPS) is 26.4. The molecule has 1 unspecified atom stereocenters. The first kappa shape index (κ1) is 27.7. The highest BCUT2D eigenvalue weighted by atomic mass is 19.3. The second-order valence-corrected chi connectivity index (χ2v) is 10.7. The Hall–Kier alpha value is -3.83. The van der Waals surface area contributed by atoms with Gasteiger partial charge in [0.2, 0.25) is 17.6 Å². The van der Waals surface area contributed by atoms with Crippen LogP contribution in [0.2, 0.25) is 0 Å². The molecule has 0 bridgehead atoms. The summed E-state index contributed by atoms with van der Waals surface area (Å²) in [5.41, 5.74) is 1.10. The number of halogens is 4. The number of hydrogen-bond donors (Lipinski definition) is 2. The van der Waals surface area contributed by atoms with Gasteiger partial charge in [-0.05, 0) is 30.5 Å². The third-order valence-electron chi connectivity index (χ3n) is 7.94. The van der Waals surface area contributed by atoms with Gasteiger partial charge >= 0.3 is 0 Å². The van der Waals surface area contributed by atoms with Crippen molar-refractivity contribution >= 4 is 23.5 Å². The average molecular weight is 561 g/mol. The van der Waals surface area contributed by atoms with Gasteiger partial charge in [0.15, 0.2) is 0 Å². The molecule has 5 atom stereocenters. The molecule has 1 saturated heterocycles. The molecular formula is C28H28F4N4O4. The summed E-state index contributed by atoms with van der Waals surface area (Å²) in [6.45, 7) is -1.06. The van der Waals surface area contributed by atoms with E-state index < -0.39 is 78.2 Å².